The van der Waals surface area contributed by atoms with E-state index in [2.05, 4.69) is 47.0 Å². The minimum Gasteiger partial charge on any atom is -0.334 e. The average Bonchev–Trinajstić information content (AvgIpc) is 2.77. The number of nitrogens with zero attached hydrogens (tertiary/aromatic N) is 3. The standard InChI is InChI=1S/C14H26N4/c1-4-9-17-10-8-15-14(17)11-16-18-12(2)6-5-7-13(18)3/h8,10,12-13,16H,4-7,9,11H2,1-3H3. The second-order valence-electron chi connectivity index (χ2n) is 5.41. The molecule has 0 saturated carbocycles. The van der Waals surface area contributed by atoms with Crippen LogP contribution in [0.15, 0.2) is 12.4 Å². The molecule has 2 rings (SSSR count). The van der Waals surface area contributed by atoms with E-state index < -0.39 is 0 Å². The van der Waals surface area contributed by atoms with Gasteiger partial charge >= 0.3 is 0 Å². The van der Waals surface area contributed by atoms with Crippen molar-refractivity contribution in [1.29, 1.82) is 0 Å². The smallest absolute Gasteiger partial charge is 0.124 e. The van der Waals surface area contributed by atoms with Crippen molar-refractivity contribution < 1.29 is 0 Å². The van der Waals surface area contributed by atoms with Crippen LogP contribution in [0.3, 0.4) is 0 Å². The second-order valence-corrected chi connectivity index (χ2v) is 5.41. The molecule has 102 valence electrons. The van der Waals surface area contributed by atoms with Crippen LogP contribution in [0.2, 0.25) is 0 Å². The molecule has 2 heterocycles. The molecule has 18 heavy (non-hydrogen) atoms. The number of aromatic nitrogens is 2. The first-order valence-electron chi connectivity index (χ1n) is 7.24. The predicted octanol–water partition coefficient (Wildman–Crippen LogP) is 2.56. The summed E-state index contributed by atoms with van der Waals surface area (Å²) in [7, 11) is 0. The molecule has 1 aliphatic heterocycles. The van der Waals surface area contributed by atoms with Crippen LogP contribution in [0.4, 0.5) is 0 Å². The van der Waals surface area contributed by atoms with Gasteiger partial charge in [0.2, 0.25) is 0 Å². The predicted molar refractivity (Wildman–Crippen MR) is 74.0 cm³/mol. The Hall–Kier alpha value is -0.870. The maximum absolute atomic E-state index is 4.44. The van der Waals surface area contributed by atoms with Crippen molar-refractivity contribution in [3.8, 4) is 0 Å². The molecule has 2 unspecified atom stereocenters. The zero-order valence-electron chi connectivity index (χ0n) is 11.9. The van der Waals surface area contributed by atoms with Crippen molar-refractivity contribution in [2.24, 2.45) is 0 Å². The summed E-state index contributed by atoms with van der Waals surface area (Å²) in [6, 6.07) is 1.26. The molecule has 0 radical (unpaired) electrons. The molecular formula is C14H26N4. The molecular weight excluding hydrogens is 224 g/mol. The molecule has 0 aliphatic carbocycles. The number of hydrazine groups is 1. The van der Waals surface area contributed by atoms with E-state index in [4.69, 9.17) is 0 Å². The van der Waals surface area contributed by atoms with Gasteiger partial charge in [-0.1, -0.05) is 13.3 Å². The Bertz CT molecular complexity index is 350. The van der Waals surface area contributed by atoms with Gasteiger partial charge in [0.25, 0.3) is 0 Å². The van der Waals surface area contributed by atoms with Gasteiger partial charge in [-0.2, -0.15) is 0 Å². The summed E-state index contributed by atoms with van der Waals surface area (Å²) in [5, 5.41) is 2.41. The molecule has 1 aliphatic rings. The van der Waals surface area contributed by atoms with Gasteiger partial charge in [0.15, 0.2) is 0 Å². The Morgan fingerprint density at radius 1 is 1.33 bits per heavy atom. The molecule has 4 nitrogen and oxygen atoms in total. The Morgan fingerprint density at radius 2 is 2.06 bits per heavy atom. The molecule has 1 aromatic heterocycles. The molecule has 0 amide bonds. The topological polar surface area (TPSA) is 33.1 Å². The summed E-state index contributed by atoms with van der Waals surface area (Å²) in [5.41, 5.74) is 3.57. The van der Waals surface area contributed by atoms with E-state index in [9.17, 15) is 0 Å². The zero-order chi connectivity index (χ0) is 13.0. The molecule has 0 bridgehead atoms. The number of hydrogen-bond donors (Lipinski definition) is 1. The van der Waals surface area contributed by atoms with Gasteiger partial charge in [0.05, 0.1) is 6.54 Å². The lowest BCUT2D eigenvalue weighted by atomic mass is 10.00. The van der Waals surface area contributed by atoms with E-state index in [0.29, 0.717) is 12.1 Å². The highest BCUT2D eigenvalue weighted by Gasteiger charge is 2.24. The van der Waals surface area contributed by atoms with Gasteiger partial charge in [0.1, 0.15) is 5.82 Å². The lowest BCUT2D eigenvalue weighted by Crippen LogP contribution is -2.51. The first-order valence-corrected chi connectivity index (χ1v) is 7.24. The number of imidazole rings is 1. The Morgan fingerprint density at radius 3 is 2.72 bits per heavy atom. The van der Waals surface area contributed by atoms with E-state index in [1.807, 2.05) is 6.20 Å². The monoisotopic (exact) mass is 250 g/mol. The van der Waals surface area contributed by atoms with Gasteiger partial charge in [0, 0.05) is 31.0 Å². The van der Waals surface area contributed by atoms with Gasteiger partial charge in [-0.25, -0.2) is 15.4 Å². The van der Waals surface area contributed by atoms with Gasteiger partial charge in [-0.3, -0.25) is 0 Å². The minimum atomic E-state index is 0.628. The van der Waals surface area contributed by atoms with Crippen LogP contribution in [-0.2, 0) is 13.1 Å². The lowest BCUT2D eigenvalue weighted by Gasteiger charge is -2.39. The Kier molecular flexibility index (Phi) is 4.78. The third kappa shape index (κ3) is 3.12. The first kappa shape index (κ1) is 13.6. The fraction of sp³-hybridized carbons (Fsp3) is 0.786. The fourth-order valence-corrected chi connectivity index (χ4v) is 2.85. The summed E-state index contributed by atoms with van der Waals surface area (Å²) in [6.07, 6.45) is 9.06. The van der Waals surface area contributed by atoms with Crippen molar-refractivity contribution in [2.75, 3.05) is 0 Å². The van der Waals surface area contributed by atoms with E-state index in [1.165, 1.54) is 19.3 Å². The number of aryl methyl sites for hydroxylation is 1. The lowest BCUT2D eigenvalue weighted by molar-refractivity contribution is 0.0422. The second kappa shape index (κ2) is 6.34. The molecule has 1 fully saturated rings. The molecule has 0 spiro atoms. The fourth-order valence-electron chi connectivity index (χ4n) is 2.85. The van der Waals surface area contributed by atoms with E-state index in [1.54, 1.807) is 0 Å². The first-order chi connectivity index (χ1) is 8.72. The van der Waals surface area contributed by atoms with Crippen molar-refractivity contribution >= 4 is 0 Å². The zero-order valence-corrected chi connectivity index (χ0v) is 11.9. The summed E-state index contributed by atoms with van der Waals surface area (Å²) in [4.78, 5) is 4.44. The summed E-state index contributed by atoms with van der Waals surface area (Å²) >= 11 is 0. The molecule has 2 atom stereocenters. The van der Waals surface area contributed by atoms with Crippen molar-refractivity contribution in [1.82, 2.24) is 20.0 Å². The van der Waals surface area contributed by atoms with Gasteiger partial charge < -0.3 is 4.57 Å². The normalized spacial score (nSPS) is 25.5. The highest BCUT2D eigenvalue weighted by Crippen LogP contribution is 2.20. The quantitative estimate of drug-likeness (QED) is 0.872. The van der Waals surface area contributed by atoms with Crippen molar-refractivity contribution in [2.45, 2.75) is 71.6 Å². The van der Waals surface area contributed by atoms with Crippen LogP contribution < -0.4 is 5.43 Å². The highest BCUT2D eigenvalue weighted by molar-refractivity contribution is 4.92. The van der Waals surface area contributed by atoms with Crippen LogP contribution in [0.25, 0.3) is 0 Å². The van der Waals surface area contributed by atoms with Gasteiger partial charge in [-0.05, 0) is 33.1 Å². The average molecular weight is 250 g/mol. The van der Waals surface area contributed by atoms with Crippen LogP contribution in [0, 0.1) is 0 Å². The molecule has 1 aromatic rings. The van der Waals surface area contributed by atoms with E-state index in [-0.39, 0.29) is 0 Å². The third-order valence-corrected chi connectivity index (χ3v) is 3.88. The van der Waals surface area contributed by atoms with Crippen LogP contribution in [0.1, 0.15) is 52.3 Å². The molecule has 1 saturated heterocycles. The Labute approximate surface area is 110 Å². The largest absolute Gasteiger partial charge is 0.334 e. The maximum Gasteiger partial charge on any atom is 0.124 e. The molecule has 1 N–H and O–H groups in total. The van der Waals surface area contributed by atoms with Crippen LogP contribution in [0.5, 0.6) is 0 Å². The van der Waals surface area contributed by atoms with Crippen molar-refractivity contribution in [3.63, 3.8) is 0 Å². The summed E-state index contributed by atoms with van der Waals surface area (Å²) in [6.45, 7) is 8.71. The third-order valence-electron chi connectivity index (χ3n) is 3.88. The number of piperidine rings is 1. The number of hydrogen-bond acceptors (Lipinski definition) is 3. The van der Waals surface area contributed by atoms with Gasteiger partial charge in [-0.15, -0.1) is 0 Å². The maximum atomic E-state index is 4.44. The van der Waals surface area contributed by atoms with E-state index in [0.717, 1.165) is 25.3 Å². The summed E-state index contributed by atoms with van der Waals surface area (Å²) < 4.78 is 2.24. The summed E-state index contributed by atoms with van der Waals surface area (Å²) in [5.74, 6) is 1.14. The molecule has 4 heteroatoms. The van der Waals surface area contributed by atoms with Crippen LogP contribution in [-0.4, -0.2) is 26.6 Å². The van der Waals surface area contributed by atoms with E-state index >= 15 is 0 Å². The highest BCUT2D eigenvalue weighted by atomic mass is 15.5. The number of rotatable bonds is 5. The molecule has 0 aromatic carbocycles. The van der Waals surface area contributed by atoms with Crippen LogP contribution >= 0.6 is 0 Å². The number of nitrogens with one attached hydrogen (secondary N) is 1. The minimum absolute atomic E-state index is 0.628. The Balaban J connectivity index is 1.91. The SMILES string of the molecule is CCCn1ccnc1CNN1C(C)CCCC1C. The van der Waals surface area contributed by atoms with Crippen molar-refractivity contribution in [3.05, 3.63) is 18.2 Å².